The van der Waals surface area contributed by atoms with Crippen molar-refractivity contribution >= 4 is 17.3 Å². The van der Waals surface area contributed by atoms with Gasteiger partial charge in [-0.2, -0.15) is 0 Å². The summed E-state index contributed by atoms with van der Waals surface area (Å²) in [5, 5.41) is 4.30. The zero-order valence-corrected chi connectivity index (χ0v) is 14.3. The Hall–Kier alpha value is -0.810. The number of halogens is 1. The second-order valence-corrected chi connectivity index (χ2v) is 6.82. The van der Waals surface area contributed by atoms with Crippen LogP contribution in [0.25, 0.3) is 0 Å². The molecule has 22 heavy (non-hydrogen) atoms. The highest BCUT2D eigenvalue weighted by Gasteiger charge is 2.17. The number of rotatable bonds is 4. The molecule has 0 amide bonds. The average Bonchev–Trinajstić information content (AvgIpc) is 2.55. The van der Waals surface area contributed by atoms with Gasteiger partial charge in [-0.05, 0) is 31.2 Å². The molecule has 5 heteroatoms. The van der Waals surface area contributed by atoms with E-state index < -0.39 is 0 Å². The van der Waals surface area contributed by atoms with Crippen LogP contribution in [0.3, 0.4) is 0 Å². The van der Waals surface area contributed by atoms with Crippen molar-refractivity contribution in [3.63, 3.8) is 0 Å². The number of piperazine rings is 2. The summed E-state index contributed by atoms with van der Waals surface area (Å²) < 4.78 is 0. The van der Waals surface area contributed by atoms with Gasteiger partial charge >= 0.3 is 0 Å². The zero-order valence-electron chi connectivity index (χ0n) is 13.5. The highest BCUT2D eigenvalue weighted by molar-refractivity contribution is 6.33. The number of hydrogen-bond acceptors (Lipinski definition) is 4. The van der Waals surface area contributed by atoms with Gasteiger partial charge in [0.2, 0.25) is 0 Å². The summed E-state index contributed by atoms with van der Waals surface area (Å²) in [5.74, 6) is 0. The summed E-state index contributed by atoms with van der Waals surface area (Å²) >= 11 is 6.54. The SMILES string of the molecule is CN1CCN(c2ccc(CCN3CCNCC3)cc2Cl)CC1. The van der Waals surface area contributed by atoms with Crippen LogP contribution in [0.4, 0.5) is 5.69 Å². The van der Waals surface area contributed by atoms with E-state index in [0.29, 0.717) is 0 Å². The zero-order chi connectivity index (χ0) is 15.4. The molecule has 2 heterocycles. The molecule has 0 aliphatic carbocycles. The third kappa shape index (κ3) is 4.13. The molecule has 2 aliphatic rings. The Balaban J connectivity index is 1.57. The third-order valence-electron chi connectivity index (χ3n) is 4.78. The molecule has 0 bridgehead atoms. The van der Waals surface area contributed by atoms with Gasteiger partial charge in [0, 0.05) is 58.9 Å². The number of benzene rings is 1. The van der Waals surface area contributed by atoms with Gasteiger partial charge in [-0.25, -0.2) is 0 Å². The molecule has 0 saturated carbocycles. The van der Waals surface area contributed by atoms with Crippen LogP contribution < -0.4 is 10.2 Å². The van der Waals surface area contributed by atoms with Crippen LogP contribution in [0.15, 0.2) is 18.2 Å². The number of nitrogens with one attached hydrogen (secondary N) is 1. The first-order valence-electron chi connectivity index (χ1n) is 8.37. The highest BCUT2D eigenvalue weighted by atomic mass is 35.5. The van der Waals surface area contributed by atoms with E-state index in [2.05, 4.69) is 45.3 Å². The number of likely N-dealkylation sites (N-methyl/N-ethyl adjacent to an activating group) is 1. The minimum atomic E-state index is 0.905. The molecule has 1 aromatic carbocycles. The van der Waals surface area contributed by atoms with Gasteiger partial charge in [0.25, 0.3) is 0 Å². The van der Waals surface area contributed by atoms with E-state index in [1.54, 1.807) is 0 Å². The van der Waals surface area contributed by atoms with E-state index in [0.717, 1.165) is 70.3 Å². The van der Waals surface area contributed by atoms with E-state index in [9.17, 15) is 0 Å². The largest absolute Gasteiger partial charge is 0.368 e. The van der Waals surface area contributed by atoms with Crippen molar-refractivity contribution in [3.8, 4) is 0 Å². The predicted octanol–water partition coefficient (Wildman–Crippen LogP) is 1.54. The van der Waals surface area contributed by atoms with Gasteiger partial charge in [0.05, 0.1) is 10.7 Å². The van der Waals surface area contributed by atoms with Crippen LogP contribution in [-0.4, -0.2) is 75.8 Å². The number of anilines is 1. The summed E-state index contributed by atoms with van der Waals surface area (Å²) in [4.78, 5) is 7.30. The molecule has 1 aromatic rings. The van der Waals surface area contributed by atoms with Crippen molar-refractivity contribution in [1.82, 2.24) is 15.1 Å². The van der Waals surface area contributed by atoms with Gasteiger partial charge in [0.15, 0.2) is 0 Å². The lowest BCUT2D eigenvalue weighted by molar-refractivity contribution is 0.244. The van der Waals surface area contributed by atoms with Crippen LogP contribution in [0.1, 0.15) is 5.56 Å². The summed E-state index contributed by atoms with van der Waals surface area (Å²) in [7, 11) is 2.18. The van der Waals surface area contributed by atoms with E-state index in [4.69, 9.17) is 11.6 Å². The van der Waals surface area contributed by atoms with Crippen LogP contribution in [-0.2, 0) is 6.42 Å². The Morgan fingerprint density at radius 3 is 2.45 bits per heavy atom. The maximum atomic E-state index is 6.54. The molecule has 2 fully saturated rings. The first-order chi connectivity index (χ1) is 10.7. The molecule has 2 aliphatic heterocycles. The molecule has 4 nitrogen and oxygen atoms in total. The standard InChI is InChI=1S/C17H27ClN4/c1-20-10-12-22(13-11-20)17-3-2-15(14-16(17)18)4-7-21-8-5-19-6-9-21/h2-3,14,19H,4-13H2,1H3. The average molecular weight is 323 g/mol. The van der Waals surface area contributed by atoms with Crippen molar-refractivity contribution in [3.05, 3.63) is 28.8 Å². The molecule has 1 N–H and O–H groups in total. The van der Waals surface area contributed by atoms with E-state index >= 15 is 0 Å². The molecular weight excluding hydrogens is 296 g/mol. The molecule has 0 radical (unpaired) electrons. The summed E-state index contributed by atoms with van der Waals surface area (Å²) in [6.45, 7) is 10.0. The summed E-state index contributed by atoms with van der Waals surface area (Å²) in [6.07, 6.45) is 1.09. The number of nitrogens with zero attached hydrogens (tertiary/aromatic N) is 3. The van der Waals surface area contributed by atoms with E-state index in [1.807, 2.05) is 0 Å². The first-order valence-corrected chi connectivity index (χ1v) is 8.75. The Morgan fingerprint density at radius 2 is 1.77 bits per heavy atom. The van der Waals surface area contributed by atoms with Crippen molar-refractivity contribution in [2.24, 2.45) is 0 Å². The molecule has 2 saturated heterocycles. The second kappa shape index (κ2) is 7.64. The van der Waals surface area contributed by atoms with Crippen molar-refractivity contribution in [2.75, 3.05) is 70.9 Å². The highest BCUT2D eigenvalue weighted by Crippen LogP contribution is 2.28. The summed E-state index contributed by atoms with van der Waals surface area (Å²) in [6, 6.07) is 6.62. The van der Waals surface area contributed by atoms with Gasteiger partial charge in [-0.1, -0.05) is 17.7 Å². The fourth-order valence-corrected chi connectivity index (χ4v) is 3.55. The predicted molar refractivity (Wildman–Crippen MR) is 94.2 cm³/mol. The minimum Gasteiger partial charge on any atom is -0.368 e. The molecule has 0 unspecified atom stereocenters. The van der Waals surface area contributed by atoms with E-state index in [-0.39, 0.29) is 0 Å². The van der Waals surface area contributed by atoms with Crippen molar-refractivity contribution < 1.29 is 0 Å². The quantitative estimate of drug-likeness (QED) is 0.907. The fourth-order valence-electron chi connectivity index (χ4n) is 3.23. The van der Waals surface area contributed by atoms with Crippen molar-refractivity contribution in [2.45, 2.75) is 6.42 Å². The molecule has 0 spiro atoms. The van der Waals surface area contributed by atoms with Crippen LogP contribution >= 0.6 is 11.6 Å². The lowest BCUT2D eigenvalue weighted by Crippen LogP contribution is -2.44. The Morgan fingerprint density at radius 1 is 1.05 bits per heavy atom. The molecule has 122 valence electrons. The monoisotopic (exact) mass is 322 g/mol. The lowest BCUT2D eigenvalue weighted by atomic mass is 10.1. The number of hydrogen-bond donors (Lipinski definition) is 1. The van der Waals surface area contributed by atoms with Crippen LogP contribution in [0.2, 0.25) is 5.02 Å². The second-order valence-electron chi connectivity index (χ2n) is 6.42. The fraction of sp³-hybridized carbons (Fsp3) is 0.647. The van der Waals surface area contributed by atoms with Gasteiger partial charge < -0.3 is 20.0 Å². The lowest BCUT2D eigenvalue weighted by Gasteiger charge is -2.34. The molecular formula is C17H27ClN4. The molecule has 3 rings (SSSR count). The Bertz CT molecular complexity index is 480. The van der Waals surface area contributed by atoms with E-state index in [1.165, 1.54) is 11.3 Å². The minimum absolute atomic E-state index is 0.905. The normalized spacial score (nSPS) is 21.3. The van der Waals surface area contributed by atoms with Gasteiger partial charge in [-0.3, -0.25) is 0 Å². The maximum Gasteiger partial charge on any atom is 0.0642 e. The van der Waals surface area contributed by atoms with Crippen molar-refractivity contribution in [1.29, 1.82) is 0 Å². The van der Waals surface area contributed by atoms with Crippen LogP contribution in [0.5, 0.6) is 0 Å². The molecule has 0 atom stereocenters. The first kappa shape index (κ1) is 16.1. The third-order valence-corrected chi connectivity index (χ3v) is 5.09. The molecule has 0 aromatic heterocycles. The van der Waals surface area contributed by atoms with Gasteiger partial charge in [0.1, 0.15) is 0 Å². The summed E-state index contributed by atoms with van der Waals surface area (Å²) in [5.41, 5.74) is 2.54. The van der Waals surface area contributed by atoms with Gasteiger partial charge in [-0.15, -0.1) is 0 Å². The maximum absolute atomic E-state index is 6.54. The smallest absolute Gasteiger partial charge is 0.0642 e. The van der Waals surface area contributed by atoms with Crippen LogP contribution in [0, 0.1) is 0 Å². The Labute approximate surface area is 139 Å². The Kier molecular flexibility index (Phi) is 5.58. The topological polar surface area (TPSA) is 21.8 Å².